The summed E-state index contributed by atoms with van der Waals surface area (Å²) in [6.45, 7) is 16.8. The van der Waals surface area contributed by atoms with Gasteiger partial charge in [-0.3, -0.25) is 4.99 Å². The van der Waals surface area contributed by atoms with E-state index in [9.17, 15) is 0 Å². The van der Waals surface area contributed by atoms with Crippen molar-refractivity contribution >= 4 is 29.9 Å². The van der Waals surface area contributed by atoms with Crippen molar-refractivity contribution in [3.05, 3.63) is 35.9 Å². The fourth-order valence-corrected chi connectivity index (χ4v) is 4.73. The Bertz CT molecular complexity index is 630. The molecule has 3 unspecified atom stereocenters. The largest absolute Gasteiger partial charge is 0.357 e. The normalized spacial score (nSPS) is 24.9. The van der Waals surface area contributed by atoms with E-state index in [0.29, 0.717) is 17.8 Å². The molecule has 170 valence electrons. The fourth-order valence-electron chi connectivity index (χ4n) is 4.73. The van der Waals surface area contributed by atoms with E-state index in [0.717, 1.165) is 38.7 Å². The summed E-state index contributed by atoms with van der Waals surface area (Å²) in [5.41, 5.74) is 1.49. The van der Waals surface area contributed by atoms with E-state index < -0.39 is 0 Å². The van der Waals surface area contributed by atoms with Crippen LogP contribution in [0, 0.1) is 11.8 Å². The van der Waals surface area contributed by atoms with Gasteiger partial charge in [0.2, 0.25) is 0 Å². The lowest BCUT2D eigenvalue weighted by molar-refractivity contribution is 0.140. The van der Waals surface area contributed by atoms with Crippen molar-refractivity contribution in [2.75, 3.05) is 66.0 Å². The van der Waals surface area contributed by atoms with Crippen molar-refractivity contribution in [1.29, 1.82) is 0 Å². The molecule has 0 aliphatic carbocycles. The summed E-state index contributed by atoms with van der Waals surface area (Å²) in [5.74, 6) is 2.99. The molecular formula is C24H42IN5. The number of piperidine rings is 1. The number of benzene rings is 1. The number of halogens is 1. The highest BCUT2D eigenvalue weighted by Gasteiger charge is 2.28. The van der Waals surface area contributed by atoms with Gasteiger partial charge in [-0.15, -0.1) is 24.0 Å². The Kier molecular flexibility index (Phi) is 10.9. The van der Waals surface area contributed by atoms with Crippen molar-refractivity contribution in [1.82, 2.24) is 20.0 Å². The van der Waals surface area contributed by atoms with Crippen LogP contribution in [0.3, 0.4) is 0 Å². The molecule has 1 aromatic rings. The minimum absolute atomic E-state index is 0. The number of rotatable bonds is 6. The number of hydrogen-bond acceptors (Lipinski definition) is 3. The Morgan fingerprint density at radius 1 is 1.13 bits per heavy atom. The van der Waals surface area contributed by atoms with Crippen LogP contribution < -0.4 is 5.32 Å². The van der Waals surface area contributed by atoms with Gasteiger partial charge >= 0.3 is 0 Å². The molecule has 2 heterocycles. The molecule has 0 bridgehead atoms. The average molecular weight is 528 g/mol. The van der Waals surface area contributed by atoms with Gasteiger partial charge in [-0.25, -0.2) is 0 Å². The van der Waals surface area contributed by atoms with E-state index in [4.69, 9.17) is 4.99 Å². The number of hydrogen-bond donors (Lipinski definition) is 1. The lowest BCUT2D eigenvalue weighted by Gasteiger charge is -2.39. The van der Waals surface area contributed by atoms with Crippen molar-refractivity contribution in [2.45, 2.75) is 33.1 Å². The standard InChI is InChI=1S/C24H41N5.HI/c1-5-25-24(26-17-20(2)18-28-15-13-27(4)14-16-28)29-12-11-23(21(3)19-29)22-9-7-6-8-10-22;/h6-10,20-21,23H,5,11-19H2,1-4H3,(H,25,26);1H. The van der Waals surface area contributed by atoms with Crippen LogP contribution in [0.15, 0.2) is 35.3 Å². The van der Waals surface area contributed by atoms with E-state index in [1.807, 2.05) is 0 Å². The Morgan fingerprint density at radius 3 is 2.47 bits per heavy atom. The maximum Gasteiger partial charge on any atom is 0.193 e. The van der Waals surface area contributed by atoms with Crippen molar-refractivity contribution in [3.8, 4) is 0 Å². The molecule has 1 aromatic carbocycles. The van der Waals surface area contributed by atoms with Gasteiger partial charge in [0.15, 0.2) is 5.96 Å². The van der Waals surface area contributed by atoms with Crippen LogP contribution in [0.5, 0.6) is 0 Å². The lowest BCUT2D eigenvalue weighted by atomic mass is 9.82. The number of guanidine groups is 1. The Hall–Kier alpha value is -0.860. The van der Waals surface area contributed by atoms with Crippen LogP contribution in [0.4, 0.5) is 0 Å². The van der Waals surface area contributed by atoms with Crippen LogP contribution in [-0.4, -0.2) is 86.6 Å². The maximum atomic E-state index is 5.04. The number of piperazine rings is 1. The molecule has 1 N–H and O–H groups in total. The van der Waals surface area contributed by atoms with Gasteiger partial charge in [-0.1, -0.05) is 44.2 Å². The summed E-state index contributed by atoms with van der Waals surface area (Å²) in [6.07, 6.45) is 1.20. The van der Waals surface area contributed by atoms with Gasteiger partial charge in [0.25, 0.3) is 0 Å². The van der Waals surface area contributed by atoms with Crippen molar-refractivity contribution < 1.29 is 0 Å². The number of aliphatic imine (C=N–C) groups is 1. The van der Waals surface area contributed by atoms with Crippen LogP contribution in [-0.2, 0) is 0 Å². The Balaban J connectivity index is 0.00000320. The predicted molar refractivity (Wildman–Crippen MR) is 139 cm³/mol. The molecule has 6 heteroatoms. The highest BCUT2D eigenvalue weighted by molar-refractivity contribution is 14.0. The van der Waals surface area contributed by atoms with Crippen LogP contribution in [0.1, 0.15) is 38.7 Å². The van der Waals surface area contributed by atoms with Crippen LogP contribution in [0.2, 0.25) is 0 Å². The first kappa shape index (κ1) is 25.4. The first-order valence-corrected chi connectivity index (χ1v) is 11.6. The van der Waals surface area contributed by atoms with Gasteiger partial charge in [0.05, 0.1) is 0 Å². The summed E-state index contributed by atoms with van der Waals surface area (Å²) in [4.78, 5) is 12.5. The zero-order chi connectivity index (χ0) is 20.6. The lowest BCUT2D eigenvalue weighted by Crippen LogP contribution is -2.48. The SMILES string of the molecule is CCNC(=NCC(C)CN1CCN(C)CC1)N1CCC(c2ccccc2)C(C)C1.I. The zero-order valence-electron chi connectivity index (χ0n) is 19.4. The van der Waals surface area contributed by atoms with E-state index in [1.165, 1.54) is 38.2 Å². The van der Waals surface area contributed by atoms with Gasteiger partial charge in [-0.05, 0) is 43.7 Å². The number of nitrogens with zero attached hydrogens (tertiary/aromatic N) is 4. The molecule has 3 atom stereocenters. The molecule has 0 radical (unpaired) electrons. The molecule has 30 heavy (non-hydrogen) atoms. The topological polar surface area (TPSA) is 34.1 Å². The molecule has 2 aliphatic heterocycles. The molecule has 0 amide bonds. The van der Waals surface area contributed by atoms with Gasteiger partial charge in [0.1, 0.15) is 0 Å². The van der Waals surface area contributed by atoms with Crippen LogP contribution in [0.25, 0.3) is 0 Å². The quantitative estimate of drug-likeness (QED) is 0.349. The molecule has 3 rings (SSSR count). The second kappa shape index (κ2) is 12.9. The molecule has 0 aromatic heterocycles. The fraction of sp³-hybridized carbons (Fsp3) is 0.708. The molecule has 2 aliphatic rings. The Labute approximate surface area is 201 Å². The third-order valence-corrected chi connectivity index (χ3v) is 6.49. The van der Waals surface area contributed by atoms with Gasteiger partial charge < -0.3 is 20.0 Å². The second-order valence-corrected chi connectivity index (χ2v) is 9.13. The Morgan fingerprint density at radius 2 is 1.83 bits per heavy atom. The summed E-state index contributed by atoms with van der Waals surface area (Å²) in [7, 11) is 2.22. The van der Waals surface area contributed by atoms with Gasteiger partial charge in [-0.2, -0.15) is 0 Å². The summed E-state index contributed by atoms with van der Waals surface area (Å²) in [6, 6.07) is 11.0. The minimum Gasteiger partial charge on any atom is -0.357 e. The van der Waals surface area contributed by atoms with E-state index >= 15 is 0 Å². The number of nitrogens with one attached hydrogen (secondary N) is 1. The highest BCUT2D eigenvalue weighted by Crippen LogP contribution is 2.32. The van der Waals surface area contributed by atoms with E-state index in [2.05, 4.69) is 78.2 Å². The number of likely N-dealkylation sites (tertiary alicyclic amines) is 1. The highest BCUT2D eigenvalue weighted by atomic mass is 127. The minimum atomic E-state index is 0. The monoisotopic (exact) mass is 527 g/mol. The average Bonchev–Trinajstić information content (AvgIpc) is 2.73. The third-order valence-electron chi connectivity index (χ3n) is 6.49. The molecule has 0 saturated carbocycles. The predicted octanol–water partition coefficient (Wildman–Crippen LogP) is 3.58. The van der Waals surface area contributed by atoms with Crippen molar-refractivity contribution in [2.24, 2.45) is 16.8 Å². The molecule has 0 spiro atoms. The second-order valence-electron chi connectivity index (χ2n) is 9.13. The van der Waals surface area contributed by atoms with Gasteiger partial charge in [0, 0.05) is 58.9 Å². The summed E-state index contributed by atoms with van der Waals surface area (Å²) in [5, 5.41) is 3.55. The molecule has 5 nitrogen and oxygen atoms in total. The smallest absolute Gasteiger partial charge is 0.193 e. The van der Waals surface area contributed by atoms with E-state index in [1.54, 1.807) is 0 Å². The third kappa shape index (κ3) is 7.38. The molecule has 2 fully saturated rings. The van der Waals surface area contributed by atoms with Crippen LogP contribution >= 0.6 is 24.0 Å². The maximum absolute atomic E-state index is 5.04. The first-order valence-electron chi connectivity index (χ1n) is 11.6. The first-order chi connectivity index (χ1) is 14.1. The number of likely N-dealkylation sites (N-methyl/N-ethyl adjacent to an activating group) is 1. The molecule has 2 saturated heterocycles. The van der Waals surface area contributed by atoms with E-state index in [-0.39, 0.29) is 24.0 Å². The zero-order valence-corrected chi connectivity index (χ0v) is 21.7. The van der Waals surface area contributed by atoms with Crippen molar-refractivity contribution in [3.63, 3.8) is 0 Å². The summed E-state index contributed by atoms with van der Waals surface area (Å²) >= 11 is 0. The molecular weight excluding hydrogens is 485 g/mol. The summed E-state index contributed by atoms with van der Waals surface area (Å²) < 4.78 is 0.